The number of phosphoric ester groups is 2. The zero-order valence-electron chi connectivity index (χ0n) is 65.2. The summed E-state index contributed by atoms with van der Waals surface area (Å²) in [4.78, 5) is 73.0. The van der Waals surface area contributed by atoms with Gasteiger partial charge in [-0.3, -0.25) is 37.3 Å². The van der Waals surface area contributed by atoms with Crippen LogP contribution in [-0.4, -0.2) is 96.7 Å². The molecule has 0 aliphatic heterocycles. The van der Waals surface area contributed by atoms with Crippen LogP contribution in [0.15, 0.2) is 134 Å². The molecule has 0 heterocycles. The molecule has 19 heteroatoms. The predicted molar refractivity (Wildman–Crippen MR) is 427 cm³/mol. The fourth-order valence-corrected chi connectivity index (χ4v) is 12.1. The van der Waals surface area contributed by atoms with Crippen LogP contribution in [0.5, 0.6) is 0 Å². The van der Waals surface area contributed by atoms with Gasteiger partial charge in [0.2, 0.25) is 0 Å². The molecule has 0 spiro atoms. The average Bonchev–Trinajstić information content (AvgIpc) is 0.937. The minimum absolute atomic E-state index is 0.0695. The van der Waals surface area contributed by atoms with Crippen LogP contribution in [0.2, 0.25) is 0 Å². The summed E-state index contributed by atoms with van der Waals surface area (Å²) in [5, 5.41) is 10.6. The largest absolute Gasteiger partial charge is 0.472 e. The van der Waals surface area contributed by atoms with Crippen molar-refractivity contribution in [2.45, 2.75) is 341 Å². The number of aliphatic hydroxyl groups is 1. The number of hydrogen-bond acceptors (Lipinski definition) is 15. The molecule has 0 rings (SSSR count). The number of carbonyl (C=O) groups excluding carboxylic acids is 4. The number of carbonyl (C=O) groups is 4. The van der Waals surface area contributed by atoms with Gasteiger partial charge >= 0.3 is 39.5 Å². The molecule has 0 bridgehead atoms. The first kappa shape index (κ1) is 99.2. The summed E-state index contributed by atoms with van der Waals surface area (Å²) in [5.74, 6) is -2.28. The third-order valence-electron chi connectivity index (χ3n) is 16.6. The summed E-state index contributed by atoms with van der Waals surface area (Å²) in [5.41, 5.74) is 0. The van der Waals surface area contributed by atoms with E-state index in [2.05, 4.69) is 149 Å². The van der Waals surface area contributed by atoms with Gasteiger partial charge in [0.05, 0.1) is 26.4 Å². The van der Waals surface area contributed by atoms with E-state index in [1.807, 2.05) is 12.2 Å². The third-order valence-corrected chi connectivity index (χ3v) is 18.5. The van der Waals surface area contributed by atoms with Gasteiger partial charge in [-0.15, -0.1) is 0 Å². The van der Waals surface area contributed by atoms with Gasteiger partial charge in [-0.1, -0.05) is 296 Å². The lowest BCUT2D eigenvalue weighted by Gasteiger charge is -2.21. The minimum atomic E-state index is -4.99. The summed E-state index contributed by atoms with van der Waals surface area (Å²) in [6.45, 7) is 4.54. The zero-order valence-corrected chi connectivity index (χ0v) is 66.9. The normalized spacial score (nSPS) is 14.6. The van der Waals surface area contributed by atoms with Crippen molar-refractivity contribution in [3.63, 3.8) is 0 Å². The number of rotatable bonds is 75. The molecule has 104 heavy (non-hydrogen) atoms. The van der Waals surface area contributed by atoms with Crippen molar-refractivity contribution in [3.05, 3.63) is 134 Å². The lowest BCUT2D eigenvalue weighted by atomic mass is 10.0. The van der Waals surface area contributed by atoms with E-state index < -0.39 is 97.5 Å². The molecule has 0 aromatic carbocycles. The van der Waals surface area contributed by atoms with Crippen LogP contribution in [-0.2, 0) is 65.4 Å². The topological polar surface area (TPSA) is 237 Å². The maximum absolute atomic E-state index is 13.1. The SMILES string of the molecule is CC/C=C\C/C=C\C/C=C\C/C=C\C/C=C\CCCC(=O)OCC(COP(=O)(O)OCC(O)COP(=O)(O)OCC(COC(=O)CCCCCC/C=C\C/C=C\C/C=C\C/C=C\CC)OC(=O)CCCCCCC/C=C\C/C=C\CCCCC)OC(=O)CCCCCCCCCCCCCCCCC. The molecule has 0 aliphatic rings. The molecule has 0 saturated heterocycles. The Kier molecular flexibility index (Phi) is 72.9. The number of allylic oxidation sites excluding steroid dienone is 22. The lowest BCUT2D eigenvalue weighted by Crippen LogP contribution is -2.30. The molecule has 17 nitrogen and oxygen atoms in total. The van der Waals surface area contributed by atoms with Crippen LogP contribution in [0, 0.1) is 0 Å². The van der Waals surface area contributed by atoms with Gasteiger partial charge in [-0.05, 0) is 135 Å². The van der Waals surface area contributed by atoms with Crippen molar-refractivity contribution < 1.29 is 80.2 Å². The van der Waals surface area contributed by atoms with E-state index in [0.717, 1.165) is 154 Å². The van der Waals surface area contributed by atoms with Crippen LogP contribution in [0.1, 0.15) is 323 Å². The summed E-state index contributed by atoms with van der Waals surface area (Å²) in [7, 11) is -9.99. The molecule has 0 radical (unpaired) electrons. The molecule has 5 atom stereocenters. The third kappa shape index (κ3) is 75.4. The molecule has 0 amide bonds. The molecule has 5 unspecified atom stereocenters. The van der Waals surface area contributed by atoms with Crippen LogP contribution < -0.4 is 0 Å². The summed E-state index contributed by atoms with van der Waals surface area (Å²) < 4.78 is 68.6. The Bertz CT molecular complexity index is 2490. The van der Waals surface area contributed by atoms with E-state index in [1.165, 1.54) is 83.5 Å². The first-order valence-electron chi connectivity index (χ1n) is 40.4. The van der Waals surface area contributed by atoms with Crippen LogP contribution in [0.4, 0.5) is 0 Å². The Morgan fingerprint density at radius 3 is 0.827 bits per heavy atom. The zero-order chi connectivity index (χ0) is 76.0. The quantitative estimate of drug-likeness (QED) is 0.0169. The monoisotopic (exact) mass is 1500 g/mol. The molecular formula is C85H144O17P2. The highest BCUT2D eigenvalue weighted by molar-refractivity contribution is 7.47. The van der Waals surface area contributed by atoms with Crippen molar-refractivity contribution in [2.24, 2.45) is 0 Å². The van der Waals surface area contributed by atoms with Crippen molar-refractivity contribution in [1.82, 2.24) is 0 Å². The number of ether oxygens (including phenoxy) is 4. The van der Waals surface area contributed by atoms with E-state index in [9.17, 15) is 43.2 Å². The minimum Gasteiger partial charge on any atom is -0.462 e. The summed E-state index contributed by atoms with van der Waals surface area (Å²) in [6.07, 6.45) is 85.7. The first-order valence-corrected chi connectivity index (χ1v) is 43.4. The van der Waals surface area contributed by atoms with Crippen molar-refractivity contribution in [2.75, 3.05) is 39.6 Å². The Hall–Kier alpha value is -4.80. The van der Waals surface area contributed by atoms with Crippen LogP contribution in [0.25, 0.3) is 0 Å². The number of unbranched alkanes of at least 4 members (excludes halogenated alkanes) is 27. The smallest absolute Gasteiger partial charge is 0.462 e. The van der Waals surface area contributed by atoms with Gasteiger partial charge in [0.25, 0.3) is 0 Å². The van der Waals surface area contributed by atoms with Crippen molar-refractivity contribution in [3.8, 4) is 0 Å². The Morgan fingerprint density at radius 1 is 0.279 bits per heavy atom. The Labute approximate surface area is 631 Å². The number of esters is 4. The van der Waals surface area contributed by atoms with E-state index in [4.69, 9.17) is 37.0 Å². The predicted octanol–water partition coefficient (Wildman–Crippen LogP) is 23.7. The summed E-state index contributed by atoms with van der Waals surface area (Å²) in [6, 6.07) is 0. The van der Waals surface area contributed by atoms with Crippen molar-refractivity contribution >= 4 is 39.5 Å². The van der Waals surface area contributed by atoms with E-state index >= 15 is 0 Å². The molecule has 0 aromatic heterocycles. The van der Waals surface area contributed by atoms with E-state index in [-0.39, 0.29) is 25.7 Å². The second-order valence-corrected chi connectivity index (χ2v) is 29.5. The number of hydrogen-bond donors (Lipinski definition) is 3. The fraction of sp³-hybridized carbons (Fsp3) is 0.694. The Balaban J connectivity index is 5.44. The van der Waals surface area contributed by atoms with Gasteiger partial charge < -0.3 is 33.8 Å². The maximum Gasteiger partial charge on any atom is 0.472 e. The highest BCUT2D eigenvalue weighted by Gasteiger charge is 2.30. The molecule has 0 aromatic rings. The Morgan fingerprint density at radius 2 is 0.510 bits per heavy atom. The van der Waals surface area contributed by atoms with Gasteiger partial charge in [0, 0.05) is 25.7 Å². The molecule has 596 valence electrons. The van der Waals surface area contributed by atoms with E-state index in [0.29, 0.717) is 32.1 Å². The van der Waals surface area contributed by atoms with Crippen LogP contribution in [0.3, 0.4) is 0 Å². The van der Waals surface area contributed by atoms with Gasteiger partial charge in [0.1, 0.15) is 19.3 Å². The second kappa shape index (κ2) is 76.4. The standard InChI is InChI=1S/C85H144O17P2/c1-5-9-13-17-21-25-29-33-37-39-43-45-49-53-57-61-65-69-82(87)95-75-80(101-84(89)71-67-63-59-55-51-47-41-35-31-27-23-19-15-11-7-3)77-99-103(91,92)97-73-79(86)74-98-104(93,94)100-78-81(102-85(90)72-68-64-60-56-52-48-42-36-32-28-24-20-16-12-8-4)76-96-83(88)70-66-62-58-54-50-46-44-40-38-34-30-26-22-18-14-10-6-2/h9-10,13-14,21-23,25-27,33-35,37-38,41,43-46,54,58,79-81,86H,5-8,11-12,15-20,24,28-32,36,39-40,42,47-53,55-57,59-78H2,1-4H3,(H,91,92)(H,93,94)/b13-9-,14-10-,25-21-,26-22-,27-23-,37-33-,38-34-,41-35-,45-43-,46-44-,58-54-. The molecular weight excluding hydrogens is 1350 g/mol. The first-order chi connectivity index (χ1) is 50.7. The highest BCUT2D eigenvalue weighted by Crippen LogP contribution is 2.45. The molecule has 3 N–H and O–H groups in total. The average molecular weight is 1500 g/mol. The fourth-order valence-electron chi connectivity index (χ4n) is 10.5. The van der Waals surface area contributed by atoms with Gasteiger partial charge in [-0.2, -0.15) is 0 Å². The lowest BCUT2D eigenvalue weighted by molar-refractivity contribution is -0.161. The van der Waals surface area contributed by atoms with Gasteiger partial charge in [0.15, 0.2) is 12.2 Å². The van der Waals surface area contributed by atoms with Crippen molar-refractivity contribution in [1.29, 1.82) is 0 Å². The second-order valence-electron chi connectivity index (χ2n) is 26.6. The van der Waals surface area contributed by atoms with Gasteiger partial charge in [-0.25, -0.2) is 9.13 Å². The van der Waals surface area contributed by atoms with Crippen LogP contribution >= 0.6 is 15.6 Å². The summed E-state index contributed by atoms with van der Waals surface area (Å²) >= 11 is 0. The number of phosphoric acid groups is 2. The molecule has 0 fully saturated rings. The molecule has 0 aliphatic carbocycles. The number of aliphatic hydroxyl groups excluding tert-OH is 1. The maximum atomic E-state index is 13.1. The van der Waals surface area contributed by atoms with E-state index in [1.54, 1.807) is 0 Å². The highest BCUT2D eigenvalue weighted by atomic mass is 31.2. The molecule has 0 saturated carbocycles.